The van der Waals surface area contributed by atoms with Gasteiger partial charge in [-0.05, 0) is 30.0 Å². The maximum atomic E-state index is 12.3. The summed E-state index contributed by atoms with van der Waals surface area (Å²) in [5.41, 5.74) is 0.971. The van der Waals surface area contributed by atoms with Gasteiger partial charge in [-0.25, -0.2) is 0 Å². The van der Waals surface area contributed by atoms with Crippen LogP contribution in [0, 0.1) is 0 Å². The van der Waals surface area contributed by atoms with E-state index in [1.54, 1.807) is 19.1 Å². The Morgan fingerprint density at radius 2 is 1.81 bits per heavy atom. The van der Waals surface area contributed by atoms with Crippen molar-refractivity contribution in [3.05, 3.63) is 34.9 Å². The molecule has 0 saturated carbocycles. The van der Waals surface area contributed by atoms with E-state index in [1.807, 2.05) is 6.92 Å². The van der Waals surface area contributed by atoms with Crippen LogP contribution in [0.15, 0.2) is 18.2 Å². The summed E-state index contributed by atoms with van der Waals surface area (Å²) in [5, 5.41) is 0. The maximum Gasteiger partial charge on any atom is 0.454 e. The molecule has 0 aliphatic heterocycles. The smallest absolute Gasteiger partial charge is 0.284 e. The first-order chi connectivity index (χ1) is 7.40. The van der Waals surface area contributed by atoms with Crippen molar-refractivity contribution in [1.82, 2.24) is 0 Å². The molecule has 0 aromatic heterocycles. The molecule has 0 bridgehead atoms. The summed E-state index contributed by atoms with van der Waals surface area (Å²) in [7, 11) is 0. The number of carbonyl (C=O) groups excluding carboxylic acids is 1. The quantitative estimate of drug-likeness (QED) is 0.725. The average molecular weight is 230 g/mol. The summed E-state index contributed by atoms with van der Waals surface area (Å²) in [6, 6.07) is 4.69. The Kier molecular flexibility index (Phi) is 3.73. The van der Waals surface area contributed by atoms with Crippen molar-refractivity contribution in [3.63, 3.8) is 0 Å². The Morgan fingerprint density at radius 1 is 1.19 bits per heavy atom. The molecule has 1 nitrogen and oxygen atoms in total. The monoisotopic (exact) mass is 230 g/mol. The van der Waals surface area contributed by atoms with Gasteiger partial charge in [-0.15, -0.1) is 0 Å². The van der Waals surface area contributed by atoms with Crippen LogP contribution < -0.4 is 0 Å². The third kappa shape index (κ3) is 2.62. The fourth-order valence-corrected chi connectivity index (χ4v) is 1.52. The van der Waals surface area contributed by atoms with Crippen LogP contribution in [0.1, 0.15) is 35.3 Å². The van der Waals surface area contributed by atoms with Crippen LogP contribution in [0.5, 0.6) is 0 Å². The van der Waals surface area contributed by atoms with E-state index in [2.05, 4.69) is 0 Å². The molecule has 0 fully saturated rings. The van der Waals surface area contributed by atoms with E-state index in [0.717, 1.165) is 5.56 Å². The zero-order chi connectivity index (χ0) is 12.3. The zero-order valence-electron chi connectivity index (χ0n) is 9.19. The first kappa shape index (κ1) is 12.7. The summed E-state index contributed by atoms with van der Waals surface area (Å²) in [6.45, 7) is 3.57. The average Bonchev–Trinajstić information content (AvgIpc) is 2.25. The lowest BCUT2D eigenvalue weighted by atomic mass is 9.97. The van der Waals surface area contributed by atoms with Crippen LogP contribution in [0.3, 0.4) is 0 Å². The Bertz CT molecular complexity index is 394. The second kappa shape index (κ2) is 4.68. The predicted octanol–water partition coefficient (Wildman–Crippen LogP) is 3.56. The van der Waals surface area contributed by atoms with Gasteiger partial charge in [0.2, 0.25) is 0 Å². The molecule has 0 saturated heterocycles. The van der Waals surface area contributed by atoms with E-state index in [-0.39, 0.29) is 5.56 Å². The third-order valence-corrected chi connectivity index (χ3v) is 2.47. The van der Waals surface area contributed by atoms with Crippen LogP contribution in [0.25, 0.3) is 0 Å². The van der Waals surface area contributed by atoms with Gasteiger partial charge in [0.15, 0.2) is 0 Å². The highest BCUT2D eigenvalue weighted by atomic mass is 19.4. The number of halogens is 3. The summed E-state index contributed by atoms with van der Waals surface area (Å²) >= 11 is 0. The molecule has 1 rings (SSSR count). The molecule has 0 amide bonds. The third-order valence-electron chi connectivity index (χ3n) is 2.47. The molecule has 0 N–H and O–H groups in total. The summed E-state index contributed by atoms with van der Waals surface area (Å²) < 4.78 is 37.0. The van der Waals surface area contributed by atoms with E-state index in [9.17, 15) is 18.0 Å². The van der Waals surface area contributed by atoms with Gasteiger partial charge < -0.3 is 0 Å². The van der Waals surface area contributed by atoms with E-state index in [0.29, 0.717) is 18.4 Å². The van der Waals surface area contributed by atoms with Gasteiger partial charge >= 0.3 is 6.18 Å². The first-order valence-electron chi connectivity index (χ1n) is 5.13. The van der Waals surface area contributed by atoms with E-state index in [1.165, 1.54) is 6.07 Å². The first-order valence-corrected chi connectivity index (χ1v) is 5.13. The van der Waals surface area contributed by atoms with Crippen molar-refractivity contribution in [3.8, 4) is 0 Å². The van der Waals surface area contributed by atoms with Crippen molar-refractivity contribution >= 4 is 5.78 Å². The normalized spacial score (nSPS) is 11.6. The molecule has 16 heavy (non-hydrogen) atoms. The van der Waals surface area contributed by atoms with Crippen LogP contribution >= 0.6 is 0 Å². The Balaban J connectivity index is 3.24. The molecule has 1 aromatic rings. The van der Waals surface area contributed by atoms with Gasteiger partial charge in [-0.3, -0.25) is 4.79 Å². The van der Waals surface area contributed by atoms with Gasteiger partial charge in [0.1, 0.15) is 0 Å². The number of carbonyl (C=O) groups is 1. The van der Waals surface area contributed by atoms with Gasteiger partial charge in [0.05, 0.1) is 0 Å². The molecule has 0 heterocycles. The van der Waals surface area contributed by atoms with Crippen molar-refractivity contribution < 1.29 is 18.0 Å². The topological polar surface area (TPSA) is 17.1 Å². The molecule has 0 atom stereocenters. The van der Waals surface area contributed by atoms with Gasteiger partial charge in [-0.1, -0.05) is 26.0 Å². The van der Waals surface area contributed by atoms with Crippen molar-refractivity contribution in [2.45, 2.75) is 32.9 Å². The lowest BCUT2D eigenvalue weighted by Gasteiger charge is -2.10. The molecule has 4 heteroatoms. The number of Topliss-reactive ketones (excluding diaryl/α,β-unsaturated/α-hetero) is 1. The summed E-state index contributed by atoms with van der Waals surface area (Å²) in [4.78, 5) is 11.2. The molecular formula is C12H13F3O. The highest BCUT2D eigenvalue weighted by Crippen LogP contribution is 2.25. The molecule has 0 radical (unpaired) electrons. The molecule has 0 unspecified atom stereocenters. The number of hydrogen-bond acceptors (Lipinski definition) is 1. The predicted molar refractivity (Wildman–Crippen MR) is 55.6 cm³/mol. The highest BCUT2D eigenvalue weighted by molar-refractivity contribution is 6.01. The fourth-order valence-electron chi connectivity index (χ4n) is 1.52. The number of hydrogen-bond donors (Lipinski definition) is 0. The fraction of sp³-hybridized carbons (Fsp3) is 0.417. The summed E-state index contributed by atoms with van der Waals surface area (Å²) in [5.74, 6) is -1.75. The van der Waals surface area contributed by atoms with E-state index >= 15 is 0 Å². The summed E-state index contributed by atoms with van der Waals surface area (Å²) in [6.07, 6.45) is -3.76. The van der Waals surface area contributed by atoms with Crippen molar-refractivity contribution in [2.24, 2.45) is 0 Å². The highest BCUT2D eigenvalue weighted by Gasteiger charge is 2.40. The van der Waals surface area contributed by atoms with Gasteiger partial charge in [0, 0.05) is 5.56 Å². The van der Waals surface area contributed by atoms with Crippen LogP contribution in [0.2, 0.25) is 0 Å². The zero-order valence-corrected chi connectivity index (χ0v) is 9.19. The van der Waals surface area contributed by atoms with Crippen molar-refractivity contribution in [2.75, 3.05) is 0 Å². The Morgan fingerprint density at radius 3 is 2.25 bits per heavy atom. The molecule has 0 spiro atoms. The maximum absolute atomic E-state index is 12.3. The molecule has 0 aliphatic rings. The molecule has 0 aliphatic carbocycles. The Labute approximate surface area is 92.3 Å². The van der Waals surface area contributed by atoms with E-state index < -0.39 is 12.0 Å². The van der Waals surface area contributed by atoms with Gasteiger partial charge in [-0.2, -0.15) is 13.2 Å². The number of alkyl halides is 3. The lowest BCUT2D eigenvalue weighted by molar-refractivity contribution is -0.0885. The largest absolute Gasteiger partial charge is 0.454 e. The molecular weight excluding hydrogens is 217 g/mol. The lowest BCUT2D eigenvalue weighted by Crippen LogP contribution is -2.24. The Hall–Kier alpha value is -1.32. The van der Waals surface area contributed by atoms with Crippen molar-refractivity contribution in [1.29, 1.82) is 0 Å². The number of ketones is 1. The minimum atomic E-state index is -4.80. The van der Waals surface area contributed by atoms with Gasteiger partial charge in [0.25, 0.3) is 5.78 Å². The minimum Gasteiger partial charge on any atom is -0.284 e. The SMILES string of the molecule is CCc1ccc(CC)c(C(=O)C(F)(F)F)c1. The molecule has 1 aromatic carbocycles. The standard InChI is InChI=1S/C12H13F3O/c1-3-8-5-6-9(4-2)10(7-8)11(16)12(13,14)15/h5-7H,3-4H2,1-2H3. The minimum absolute atomic E-state index is 0.214. The van der Waals surface area contributed by atoms with Crippen LogP contribution in [-0.2, 0) is 12.8 Å². The van der Waals surface area contributed by atoms with Crippen LogP contribution in [0.4, 0.5) is 13.2 Å². The number of rotatable bonds is 3. The van der Waals surface area contributed by atoms with Crippen LogP contribution in [-0.4, -0.2) is 12.0 Å². The number of benzene rings is 1. The number of aryl methyl sites for hydroxylation is 2. The molecule has 88 valence electrons. The second-order valence-corrected chi connectivity index (χ2v) is 3.53. The second-order valence-electron chi connectivity index (χ2n) is 3.53. The van der Waals surface area contributed by atoms with E-state index in [4.69, 9.17) is 0 Å².